The predicted molar refractivity (Wildman–Crippen MR) is 122 cm³/mol. The number of rotatable bonds is 5. The van der Waals surface area contributed by atoms with E-state index in [2.05, 4.69) is 20.8 Å². The first-order chi connectivity index (χ1) is 14.5. The molecule has 168 valence electrons. The van der Waals surface area contributed by atoms with Gasteiger partial charge in [0.1, 0.15) is 5.75 Å². The second-order valence-electron chi connectivity index (χ2n) is 9.09. The summed E-state index contributed by atoms with van der Waals surface area (Å²) in [5, 5.41) is 0. The summed E-state index contributed by atoms with van der Waals surface area (Å²) in [4.78, 5) is 14.5. The smallest absolute Gasteiger partial charge is 0.260 e. The molecule has 1 aliphatic rings. The van der Waals surface area contributed by atoms with Gasteiger partial charge in [-0.2, -0.15) is 4.31 Å². The summed E-state index contributed by atoms with van der Waals surface area (Å²) < 4.78 is 33.1. The van der Waals surface area contributed by atoms with E-state index in [4.69, 9.17) is 4.74 Å². The number of ether oxygens (including phenoxy) is 1. The molecule has 3 rings (SSSR count). The molecule has 6 nitrogen and oxygen atoms in total. The third-order valence-corrected chi connectivity index (χ3v) is 7.70. The van der Waals surface area contributed by atoms with E-state index >= 15 is 0 Å². The number of aryl methyl sites for hydroxylation is 2. The molecule has 0 spiro atoms. The van der Waals surface area contributed by atoms with E-state index < -0.39 is 10.0 Å². The summed E-state index contributed by atoms with van der Waals surface area (Å²) in [6.45, 7) is 11.5. The summed E-state index contributed by atoms with van der Waals surface area (Å²) in [5.41, 5.74) is 3.34. The molecule has 0 aromatic heterocycles. The van der Waals surface area contributed by atoms with Crippen molar-refractivity contribution in [3.05, 3.63) is 59.2 Å². The second kappa shape index (κ2) is 9.01. The zero-order valence-electron chi connectivity index (χ0n) is 19.0. The Balaban J connectivity index is 1.56. The van der Waals surface area contributed by atoms with E-state index in [1.54, 1.807) is 17.0 Å². The summed E-state index contributed by atoms with van der Waals surface area (Å²) >= 11 is 0. The summed E-state index contributed by atoms with van der Waals surface area (Å²) in [7, 11) is -3.57. The van der Waals surface area contributed by atoms with Crippen LogP contribution in [-0.4, -0.2) is 56.3 Å². The first-order valence-electron chi connectivity index (χ1n) is 10.6. The van der Waals surface area contributed by atoms with Crippen LogP contribution < -0.4 is 4.74 Å². The van der Waals surface area contributed by atoms with E-state index in [0.717, 1.165) is 11.1 Å². The highest BCUT2D eigenvalue weighted by atomic mass is 32.2. The van der Waals surface area contributed by atoms with Gasteiger partial charge in [-0.15, -0.1) is 0 Å². The lowest BCUT2D eigenvalue weighted by Crippen LogP contribution is -2.51. The van der Waals surface area contributed by atoms with Crippen LogP contribution in [0.3, 0.4) is 0 Å². The van der Waals surface area contributed by atoms with Gasteiger partial charge in [-0.1, -0.05) is 39.0 Å². The van der Waals surface area contributed by atoms with Crippen LogP contribution in [0.2, 0.25) is 0 Å². The Bertz CT molecular complexity index is 1030. The maximum absolute atomic E-state index is 13.0. The number of hydrogen-bond acceptors (Lipinski definition) is 4. The molecule has 7 heteroatoms. The fourth-order valence-electron chi connectivity index (χ4n) is 3.49. The molecule has 0 radical (unpaired) electrons. The largest absolute Gasteiger partial charge is 0.484 e. The van der Waals surface area contributed by atoms with Crippen molar-refractivity contribution in [1.82, 2.24) is 9.21 Å². The topological polar surface area (TPSA) is 66.9 Å². The fourth-order valence-corrected chi connectivity index (χ4v) is 4.92. The first-order valence-corrected chi connectivity index (χ1v) is 12.0. The molecule has 1 fully saturated rings. The van der Waals surface area contributed by atoms with Crippen LogP contribution in [0.4, 0.5) is 0 Å². The van der Waals surface area contributed by atoms with Crippen LogP contribution >= 0.6 is 0 Å². The maximum atomic E-state index is 13.0. The molecular weight excluding hydrogens is 412 g/mol. The molecule has 0 saturated carbocycles. The van der Waals surface area contributed by atoms with Gasteiger partial charge in [0.2, 0.25) is 10.0 Å². The number of benzene rings is 2. The Hall–Kier alpha value is -2.38. The Labute approximate surface area is 185 Å². The van der Waals surface area contributed by atoms with Gasteiger partial charge >= 0.3 is 0 Å². The Kier molecular flexibility index (Phi) is 6.76. The van der Waals surface area contributed by atoms with Gasteiger partial charge in [-0.25, -0.2) is 8.42 Å². The summed E-state index contributed by atoms with van der Waals surface area (Å²) in [6.07, 6.45) is 0. The molecular formula is C24H32N2O4S. The molecule has 1 saturated heterocycles. The highest BCUT2D eigenvalue weighted by Gasteiger charge is 2.30. The number of hydrogen-bond donors (Lipinski definition) is 0. The minimum Gasteiger partial charge on any atom is -0.484 e. The highest BCUT2D eigenvalue weighted by Crippen LogP contribution is 2.25. The van der Waals surface area contributed by atoms with Gasteiger partial charge in [0.15, 0.2) is 6.61 Å². The van der Waals surface area contributed by atoms with Crippen LogP contribution in [0.25, 0.3) is 0 Å². The quantitative estimate of drug-likeness (QED) is 0.708. The molecule has 0 aliphatic carbocycles. The lowest BCUT2D eigenvalue weighted by molar-refractivity contribution is -0.134. The normalized spacial score (nSPS) is 15.7. The van der Waals surface area contributed by atoms with Gasteiger partial charge in [-0.3, -0.25) is 4.79 Å². The first kappa shape index (κ1) is 23.3. The summed E-state index contributed by atoms with van der Waals surface area (Å²) in [5.74, 6) is 0.529. The van der Waals surface area contributed by atoms with E-state index in [1.807, 2.05) is 44.2 Å². The average Bonchev–Trinajstić information content (AvgIpc) is 2.74. The predicted octanol–water partition coefficient (Wildman–Crippen LogP) is 3.51. The van der Waals surface area contributed by atoms with E-state index in [-0.39, 0.29) is 31.0 Å². The Morgan fingerprint density at radius 3 is 2.10 bits per heavy atom. The number of carbonyl (C=O) groups excluding carboxylic acids is 1. The molecule has 0 bridgehead atoms. The lowest BCUT2D eigenvalue weighted by atomic mass is 9.87. The van der Waals surface area contributed by atoms with E-state index in [1.165, 1.54) is 9.87 Å². The van der Waals surface area contributed by atoms with E-state index in [9.17, 15) is 13.2 Å². The van der Waals surface area contributed by atoms with Crippen molar-refractivity contribution in [2.75, 3.05) is 32.8 Å². The third kappa shape index (κ3) is 5.46. The Morgan fingerprint density at radius 2 is 1.55 bits per heavy atom. The molecule has 31 heavy (non-hydrogen) atoms. The number of carbonyl (C=O) groups is 1. The molecule has 0 N–H and O–H groups in total. The van der Waals surface area contributed by atoms with Crippen LogP contribution in [0.5, 0.6) is 5.75 Å². The molecule has 0 unspecified atom stereocenters. The van der Waals surface area contributed by atoms with E-state index in [0.29, 0.717) is 23.7 Å². The third-order valence-electron chi connectivity index (χ3n) is 5.79. The van der Waals surface area contributed by atoms with Gasteiger partial charge in [0.05, 0.1) is 4.90 Å². The Morgan fingerprint density at radius 1 is 0.935 bits per heavy atom. The van der Waals surface area contributed by atoms with Crippen molar-refractivity contribution >= 4 is 15.9 Å². The standard InChI is InChI=1S/C24H32N2O4S/c1-18-6-9-21(16-19(18)2)30-17-23(27)25-12-14-26(15-13-25)31(28,29)22-10-7-20(8-11-22)24(3,4)5/h6-11,16H,12-15,17H2,1-5H3. The number of nitrogens with zero attached hydrogens (tertiary/aromatic N) is 2. The average molecular weight is 445 g/mol. The van der Waals surface area contributed by atoms with Crippen molar-refractivity contribution in [1.29, 1.82) is 0 Å². The number of sulfonamides is 1. The zero-order valence-corrected chi connectivity index (χ0v) is 19.8. The van der Waals surface area contributed by atoms with Crippen molar-refractivity contribution in [2.24, 2.45) is 0 Å². The number of piperazine rings is 1. The zero-order chi connectivity index (χ0) is 22.8. The second-order valence-corrected chi connectivity index (χ2v) is 11.0. The molecule has 0 atom stereocenters. The van der Waals surface area contributed by atoms with Gasteiger partial charge in [0.25, 0.3) is 5.91 Å². The molecule has 1 amide bonds. The minimum absolute atomic E-state index is 0.0341. The van der Waals surface area contributed by atoms with Gasteiger partial charge in [-0.05, 0) is 60.2 Å². The molecule has 2 aromatic carbocycles. The SMILES string of the molecule is Cc1ccc(OCC(=O)N2CCN(S(=O)(=O)c3ccc(C(C)(C)C)cc3)CC2)cc1C. The number of amides is 1. The van der Waals surface area contributed by atoms with Gasteiger partial charge < -0.3 is 9.64 Å². The van der Waals surface area contributed by atoms with Crippen LogP contribution in [0.15, 0.2) is 47.4 Å². The van der Waals surface area contributed by atoms with Crippen molar-refractivity contribution in [3.8, 4) is 5.75 Å². The maximum Gasteiger partial charge on any atom is 0.260 e. The minimum atomic E-state index is -3.57. The summed E-state index contributed by atoms with van der Waals surface area (Å²) in [6, 6.07) is 12.8. The van der Waals surface area contributed by atoms with Crippen LogP contribution in [-0.2, 0) is 20.2 Å². The highest BCUT2D eigenvalue weighted by molar-refractivity contribution is 7.89. The van der Waals surface area contributed by atoms with Gasteiger partial charge in [0, 0.05) is 26.2 Å². The van der Waals surface area contributed by atoms with Crippen LogP contribution in [0, 0.1) is 13.8 Å². The van der Waals surface area contributed by atoms with Crippen molar-refractivity contribution in [3.63, 3.8) is 0 Å². The molecule has 1 heterocycles. The van der Waals surface area contributed by atoms with Crippen LogP contribution in [0.1, 0.15) is 37.5 Å². The van der Waals surface area contributed by atoms with Crippen molar-refractivity contribution < 1.29 is 17.9 Å². The van der Waals surface area contributed by atoms with Crippen molar-refractivity contribution in [2.45, 2.75) is 44.9 Å². The monoisotopic (exact) mass is 444 g/mol. The fraction of sp³-hybridized carbons (Fsp3) is 0.458. The lowest BCUT2D eigenvalue weighted by Gasteiger charge is -2.34. The molecule has 2 aromatic rings. The molecule has 1 aliphatic heterocycles.